The zero-order valence-electron chi connectivity index (χ0n) is 10.8. The number of hydrogen-bond acceptors (Lipinski definition) is 6. The molecular weight excluding hydrogens is 248 g/mol. The van der Waals surface area contributed by atoms with Gasteiger partial charge in [-0.05, 0) is 18.4 Å². The highest BCUT2D eigenvalue weighted by atomic mass is 16.6. The fourth-order valence-corrected chi connectivity index (χ4v) is 1.70. The molecule has 1 aromatic rings. The molecule has 0 amide bonds. The third-order valence-electron chi connectivity index (χ3n) is 2.48. The first-order chi connectivity index (χ1) is 8.95. The summed E-state index contributed by atoms with van der Waals surface area (Å²) in [4.78, 5) is 14.1. The van der Waals surface area contributed by atoms with Gasteiger partial charge in [-0.1, -0.05) is 13.8 Å². The maximum Gasteiger partial charge on any atom is 0.328 e. The number of nitro groups is 1. The van der Waals surface area contributed by atoms with Crippen LogP contribution in [0.4, 0.5) is 11.5 Å². The van der Waals surface area contributed by atoms with E-state index in [-0.39, 0.29) is 23.6 Å². The number of hydrogen-bond donors (Lipinski definition) is 2. The van der Waals surface area contributed by atoms with Gasteiger partial charge in [0.1, 0.15) is 11.6 Å². The van der Waals surface area contributed by atoms with Crippen LogP contribution in [0.5, 0.6) is 0 Å². The van der Waals surface area contributed by atoms with E-state index < -0.39 is 11.0 Å². The Morgan fingerprint density at radius 2 is 2.32 bits per heavy atom. The molecular formula is C12H16N4O3. The van der Waals surface area contributed by atoms with Crippen LogP contribution in [-0.4, -0.2) is 27.7 Å². The molecule has 7 heteroatoms. The number of nitrogens with zero attached hydrogens (tertiary/aromatic N) is 3. The van der Waals surface area contributed by atoms with Crippen molar-refractivity contribution in [2.45, 2.75) is 26.4 Å². The normalized spacial score (nSPS) is 11.9. The maximum atomic E-state index is 10.9. The highest BCUT2D eigenvalue weighted by Crippen LogP contribution is 2.25. The Hall–Kier alpha value is -2.20. The van der Waals surface area contributed by atoms with Crippen LogP contribution in [0.15, 0.2) is 12.3 Å². The molecule has 102 valence electrons. The van der Waals surface area contributed by atoms with Crippen molar-refractivity contribution in [2.24, 2.45) is 5.92 Å². The number of aromatic nitrogens is 1. The second kappa shape index (κ2) is 6.66. The van der Waals surface area contributed by atoms with Gasteiger partial charge in [0.05, 0.1) is 11.0 Å². The minimum absolute atomic E-state index is 0.00635. The van der Waals surface area contributed by atoms with Crippen molar-refractivity contribution in [3.8, 4) is 6.07 Å². The predicted molar refractivity (Wildman–Crippen MR) is 69.6 cm³/mol. The number of nitrogens with one attached hydrogen (secondary N) is 1. The third-order valence-corrected chi connectivity index (χ3v) is 2.48. The van der Waals surface area contributed by atoms with Gasteiger partial charge in [-0.25, -0.2) is 4.98 Å². The van der Waals surface area contributed by atoms with E-state index in [2.05, 4.69) is 10.3 Å². The molecule has 0 aliphatic heterocycles. The molecule has 0 aromatic carbocycles. The predicted octanol–water partition coefficient (Wildman–Crippen LogP) is 1.68. The minimum Gasteiger partial charge on any atom is -0.391 e. The van der Waals surface area contributed by atoms with E-state index in [9.17, 15) is 15.2 Å². The average Bonchev–Trinajstić information content (AvgIpc) is 2.34. The molecule has 1 atom stereocenters. The summed E-state index contributed by atoms with van der Waals surface area (Å²) in [6.07, 6.45) is 1.29. The van der Waals surface area contributed by atoms with Crippen LogP contribution in [0.2, 0.25) is 0 Å². The summed E-state index contributed by atoms with van der Waals surface area (Å²) in [5.41, 5.74) is -0.414. The zero-order valence-corrected chi connectivity index (χ0v) is 10.8. The van der Waals surface area contributed by atoms with Crippen molar-refractivity contribution in [3.05, 3.63) is 27.9 Å². The van der Waals surface area contributed by atoms with Gasteiger partial charge in [-0.3, -0.25) is 10.1 Å². The molecule has 2 N–H and O–H groups in total. The Morgan fingerprint density at radius 3 is 2.84 bits per heavy atom. The molecule has 1 aromatic heterocycles. The second-order valence-corrected chi connectivity index (χ2v) is 4.59. The monoisotopic (exact) mass is 264 g/mol. The Bertz CT molecular complexity index is 496. The Labute approximate surface area is 111 Å². The van der Waals surface area contributed by atoms with E-state index in [0.717, 1.165) is 0 Å². The largest absolute Gasteiger partial charge is 0.391 e. The minimum atomic E-state index is -0.650. The first kappa shape index (κ1) is 14.9. The lowest BCUT2D eigenvalue weighted by molar-refractivity contribution is -0.384. The van der Waals surface area contributed by atoms with Crippen molar-refractivity contribution in [1.82, 2.24) is 4.98 Å². The van der Waals surface area contributed by atoms with Crippen LogP contribution in [0.3, 0.4) is 0 Å². The van der Waals surface area contributed by atoms with Crippen LogP contribution in [0, 0.1) is 27.4 Å². The summed E-state index contributed by atoms with van der Waals surface area (Å²) >= 11 is 0. The zero-order chi connectivity index (χ0) is 14.4. The number of anilines is 1. The van der Waals surface area contributed by atoms with Crippen molar-refractivity contribution >= 4 is 11.5 Å². The molecule has 0 radical (unpaired) electrons. The first-order valence-corrected chi connectivity index (χ1v) is 5.91. The van der Waals surface area contributed by atoms with Gasteiger partial charge in [-0.15, -0.1) is 0 Å². The Balaban J connectivity index is 2.84. The Kier molecular flexibility index (Phi) is 5.21. The van der Waals surface area contributed by atoms with E-state index in [4.69, 9.17) is 5.26 Å². The topological polar surface area (TPSA) is 112 Å². The smallest absolute Gasteiger partial charge is 0.328 e. The number of nitriles is 1. The van der Waals surface area contributed by atoms with Crippen molar-refractivity contribution in [2.75, 3.05) is 11.9 Å². The quantitative estimate of drug-likeness (QED) is 0.597. The van der Waals surface area contributed by atoms with E-state index in [1.165, 1.54) is 12.3 Å². The van der Waals surface area contributed by atoms with Crippen LogP contribution in [0.25, 0.3) is 0 Å². The number of pyridine rings is 1. The summed E-state index contributed by atoms with van der Waals surface area (Å²) in [5, 5.41) is 32.2. The molecule has 1 unspecified atom stereocenters. The first-order valence-electron chi connectivity index (χ1n) is 5.91. The van der Waals surface area contributed by atoms with Crippen LogP contribution >= 0.6 is 0 Å². The van der Waals surface area contributed by atoms with Crippen molar-refractivity contribution in [3.63, 3.8) is 0 Å². The summed E-state index contributed by atoms with van der Waals surface area (Å²) < 4.78 is 0. The molecule has 0 saturated carbocycles. The van der Waals surface area contributed by atoms with Gasteiger partial charge in [-0.2, -0.15) is 5.26 Å². The molecule has 0 bridgehead atoms. The van der Waals surface area contributed by atoms with Crippen LogP contribution < -0.4 is 5.32 Å². The molecule has 0 saturated heterocycles. The van der Waals surface area contributed by atoms with Crippen LogP contribution in [0.1, 0.15) is 25.8 Å². The molecule has 0 fully saturated rings. The number of aliphatic hydroxyl groups is 1. The molecule has 0 aliphatic rings. The highest BCUT2D eigenvalue weighted by Gasteiger charge is 2.21. The number of aliphatic hydroxyl groups excluding tert-OH is 1. The molecule has 7 nitrogen and oxygen atoms in total. The SMILES string of the molecule is CC(C)CC(O)CNc1nccc(C#N)c1[N+](=O)[O-]. The van der Waals surface area contributed by atoms with Gasteiger partial charge in [0.2, 0.25) is 5.82 Å². The van der Waals surface area contributed by atoms with E-state index in [0.29, 0.717) is 12.3 Å². The van der Waals surface area contributed by atoms with E-state index >= 15 is 0 Å². The second-order valence-electron chi connectivity index (χ2n) is 4.59. The fourth-order valence-electron chi connectivity index (χ4n) is 1.70. The third kappa shape index (κ3) is 4.19. The summed E-state index contributed by atoms with van der Waals surface area (Å²) in [7, 11) is 0. The lowest BCUT2D eigenvalue weighted by atomic mass is 10.1. The lowest BCUT2D eigenvalue weighted by Gasteiger charge is -2.14. The van der Waals surface area contributed by atoms with Gasteiger partial charge < -0.3 is 10.4 Å². The standard InChI is InChI=1S/C12H16N4O3/c1-8(2)5-10(17)7-15-12-11(16(18)19)9(6-13)3-4-14-12/h3-4,8,10,17H,5,7H2,1-2H3,(H,14,15). The fraction of sp³-hybridized carbons (Fsp3) is 0.500. The highest BCUT2D eigenvalue weighted by molar-refractivity contribution is 5.64. The van der Waals surface area contributed by atoms with Crippen molar-refractivity contribution < 1.29 is 10.0 Å². The Morgan fingerprint density at radius 1 is 1.63 bits per heavy atom. The maximum absolute atomic E-state index is 10.9. The number of rotatable bonds is 6. The molecule has 0 spiro atoms. The van der Waals surface area contributed by atoms with Crippen LogP contribution in [-0.2, 0) is 0 Å². The molecule has 0 aliphatic carbocycles. The molecule has 19 heavy (non-hydrogen) atoms. The van der Waals surface area contributed by atoms with E-state index in [1.54, 1.807) is 6.07 Å². The molecule has 1 rings (SSSR count). The summed E-state index contributed by atoms with van der Waals surface area (Å²) in [6.45, 7) is 4.10. The van der Waals surface area contributed by atoms with Gasteiger partial charge in [0, 0.05) is 12.7 Å². The van der Waals surface area contributed by atoms with Crippen molar-refractivity contribution in [1.29, 1.82) is 5.26 Å². The molecule has 1 heterocycles. The van der Waals surface area contributed by atoms with Gasteiger partial charge in [0.15, 0.2) is 0 Å². The van der Waals surface area contributed by atoms with Gasteiger partial charge >= 0.3 is 5.69 Å². The summed E-state index contributed by atoms with van der Waals surface area (Å²) in [6, 6.07) is 3.04. The lowest BCUT2D eigenvalue weighted by Crippen LogP contribution is -2.22. The van der Waals surface area contributed by atoms with Gasteiger partial charge in [0.25, 0.3) is 0 Å². The summed E-state index contributed by atoms with van der Waals surface area (Å²) in [5.74, 6) is 0.331. The average molecular weight is 264 g/mol. The van der Waals surface area contributed by atoms with E-state index in [1.807, 2.05) is 13.8 Å².